The number of carbonyl (C=O) groups is 1. The molecule has 0 aliphatic carbocycles. The predicted octanol–water partition coefficient (Wildman–Crippen LogP) is 3.68. The smallest absolute Gasteiger partial charge is 0.193 e. The Labute approximate surface area is 98.3 Å². The molecule has 2 rings (SSSR count). The molecule has 0 heterocycles. The SMILES string of the molecule is [2H]c1cc(Br)ccc1C(=O)c1ccccc1. The molecule has 2 aromatic rings. The van der Waals surface area contributed by atoms with E-state index in [-0.39, 0.29) is 11.8 Å². The van der Waals surface area contributed by atoms with E-state index in [0.717, 1.165) is 4.47 Å². The van der Waals surface area contributed by atoms with Gasteiger partial charge in [0.15, 0.2) is 5.78 Å². The van der Waals surface area contributed by atoms with Gasteiger partial charge >= 0.3 is 0 Å². The van der Waals surface area contributed by atoms with Crippen LogP contribution in [0, 0.1) is 0 Å². The third kappa shape index (κ3) is 2.34. The molecule has 15 heavy (non-hydrogen) atoms. The maximum Gasteiger partial charge on any atom is 0.193 e. The average molecular weight is 262 g/mol. The predicted molar refractivity (Wildman–Crippen MR) is 64.0 cm³/mol. The van der Waals surface area contributed by atoms with Gasteiger partial charge < -0.3 is 0 Å². The molecule has 0 saturated carbocycles. The molecule has 2 heteroatoms. The zero-order chi connectivity index (χ0) is 11.5. The summed E-state index contributed by atoms with van der Waals surface area (Å²) in [6.07, 6.45) is 0. The highest BCUT2D eigenvalue weighted by Crippen LogP contribution is 2.14. The number of rotatable bonds is 2. The minimum atomic E-state index is -0.113. The molecular formula is C13H9BrO. The lowest BCUT2D eigenvalue weighted by Crippen LogP contribution is -2.00. The molecule has 0 aliphatic rings. The van der Waals surface area contributed by atoms with E-state index in [9.17, 15) is 4.79 Å². The lowest BCUT2D eigenvalue weighted by Gasteiger charge is -2.00. The standard InChI is InChI=1S/C13H9BrO/c14-12-8-6-11(7-9-12)13(15)10-4-2-1-3-5-10/h1-9H/i6D. The number of halogens is 1. The second-order valence-electron chi connectivity index (χ2n) is 3.12. The van der Waals surface area contributed by atoms with Gasteiger partial charge in [0.05, 0.1) is 1.37 Å². The zero-order valence-corrected chi connectivity index (χ0v) is 9.49. The van der Waals surface area contributed by atoms with Crippen LogP contribution in [-0.2, 0) is 0 Å². The largest absolute Gasteiger partial charge is 0.289 e. The quantitative estimate of drug-likeness (QED) is 0.754. The third-order valence-corrected chi connectivity index (χ3v) is 2.55. The summed E-state index contributed by atoms with van der Waals surface area (Å²) in [5.41, 5.74) is 1.03. The summed E-state index contributed by atoms with van der Waals surface area (Å²) in [5.74, 6) is -0.113. The minimum absolute atomic E-state index is 0.113. The third-order valence-electron chi connectivity index (χ3n) is 2.06. The Balaban J connectivity index is 2.42. The first kappa shape index (κ1) is 8.86. The Morgan fingerprint density at radius 3 is 2.40 bits per heavy atom. The van der Waals surface area contributed by atoms with E-state index < -0.39 is 0 Å². The van der Waals surface area contributed by atoms with Gasteiger partial charge in [-0.2, -0.15) is 0 Å². The van der Waals surface area contributed by atoms with Crippen LogP contribution in [0.5, 0.6) is 0 Å². The van der Waals surface area contributed by atoms with E-state index in [1.807, 2.05) is 18.2 Å². The van der Waals surface area contributed by atoms with Crippen LogP contribution in [0.2, 0.25) is 0 Å². The van der Waals surface area contributed by atoms with Gasteiger partial charge in [-0.3, -0.25) is 4.79 Å². The van der Waals surface area contributed by atoms with E-state index in [2.05, 4.69) is 15.9 Å². The molecule has 0 fully saturated rings. The Kier molecular flexibility index (Phi) is 2.60. The van der Waals surface area contributed by atoms with Gasteiger partial charge in [-0.05, 0) is 24.2 Å². The van der Waals surface area contributed by atoms with Gasteiger partial charge in [0.1, 0.15) is 0 Å². The van der Waals surface area contributed by atoms with Crippen molar-refractivity contribution in [2.75, 3.05) is 0 Å². The summed E-state index contributed by atoms with van der Waals surface area (Å²) in [7, 11) is 0. The molecule has 0 saturated heterocycles. The molecule has 0 amide bonds. The summed E-state index contributed by atoms with van der Waals surface area (Å²) in [6.45, 7) is 0. The monoisotopic (exact) mass is 261 g/mol. The number of ketones is 1. The lowest BCUT2D eigenvalue weighted by atomic mass is 10.0. The van der Waals surface area contributed by atoms with Crippen LogP contribution >= 0.6 is 15.9 Å². The molecule has 74 valence electrons. The minimum Gasteiger partial charge on any atom is -0.289 e. The van der Waals surface area contributed by atoms with Gasteiger partial charge in [0, 0.05) is 15.6 Å². The van der Waals surface area contributed by atoms with Gasteiger partial charge in [-0.15, -0.1) is 0 Å². The van der Waals surface area contributed by atoms with Crippen molar-refractivity contribution in [3.05, 3.63) is 70.2 Å². The second kappa shape index (κ2) is 4.41. The van der Waals surface area contributed by atoms with E-state index in [1.54, 1.807) is 30.3 Å². The van der Waals surface area contributed by atoms with Crippen LogP contribution < -0.4 is 0 Å². The summed E-state index contributed by atoms with van der Waals surface area (Å²) in [5, 5.41) is 0. The van der Waals surface area contributed by atoms with Crippen molar-refractivity contribution in [1.29, 1.82) is 0 Å². The Morgan fingerprint density at radius 2 is 1.73 bits per heavy atom. The molecule has 0 aliphatic heterocycles. The van der Waals surface area contributed by atoms with Gasteiger partial charge in [0.25, 0.3) is 0 Å². The molecule has 0 spiro atoms. The van der Waals surface area contributed by atoms with Crippen LogP contribution in [0.1, 0.15) is 17.3 Å². The highest BCUT2D eigenvalue weighted by Gasteiger charge is 2.07. The average Bonchev–Trinajstić information content (AvgIpc) is 2.29. The van der Waals surface area contributed by atoms with E-state index in [4.69, 9.17) is 1.37 Å². The molecule has 2 aromatic carbocycles. The van der Waals surface area contributed by atoms with Crippen LogP contribution in [-0.4, -0.2) is 5.78 Å². The highest BCUT2D eigenvalue weighted by atomic mass is 79.9. The normalized spacial score (nSPS) is 10.9. The molecule has 0 aromatic heterocycles. The van der Waals surface area contributed by atoms with Crippen LogP contribution in [0.25, 0.3) is 0 Å². The van der Waals surface area contributed by atoms with Crippen molar-refractivity contribution in [1.82, 2.24) is 0 Å². The first-order valence-corrected chi connectivity index (χ1v) is 5.33. The van der Waals surface area contributed by atoms with E-state index >= 15 is 0 Å². The van der Waals surface area contributed by atoms with Crippen molar-refractivity contribution < 1.29 is 6.17 Å². The van der Waals surface area contributed by atoms with Crippen LogP contribution in [0.3, 0.4) is 0 Å². The first-order chi connectivity index (χ1) is 7.68. The summed E-state index contributed by atoms with van der Waals surface area (Å²) in [6, 6.07) is 14.3. The van der Waals surface area contributed by atoms with Crippen molar-refractivity contribution in [2.24, 2.45) is 0 Å². The number of hydrogen-bond donors (Lipinski definition) is 0. The number of carbonyl (C=O) groups excluding carboxylic acids is 1. The van der Waals surface area contributed by atoms with Crippen molar-refractivity contribution >= 4 is 21.7 Å². The number of benzene rings is 2. The van der Waals surface area contributed by atoms with Crippen LogP contribution in [0.15, 0.2) is 59.0 Å². The second-order valence-corrected chi connectivity index (χ2v) is 4.03. The molecule has 1 nitrogen and oxygen atoms in total. The summed E-state index contributed by atoms with van der Waals surface area (Å²) >= 11 is 3.27. The summed E-state index contributed by atoms with van der Waals surface area (Å²) < 4.78 is 8.55. The Hall–Kier alpha value is -1.41. The fraction of sp³-hybridized carbons (Fsp3) is 0. The topological polar surface area (TPSA) is 17.1 Å². The molecule has 0 N–H and O–H groups in total. The van der Waals surface area contributed by atoms with Gasteiger partial charge in [0.2, 0.25) is 0 Å². The molecule has 0 atom stereocenters. The molecular weight excluding hydrogens is 252 g/mol. The first-order valence-electron chi connectivity index (χ1n) is 5.04. The lowest BCUT2D eigenvalue weighted by molar-refractivity contribution is 0.103. The Morgan fingerprint density at radius 1 is 1.00 bits per heavy atom. The maximum atomic E-state index is 12.0. The molecule has 0 bridgehead atoms. The molecule has 0 unspecified atom stereocenters. The van der Waals surface area contributed by atoms with E-state index in [1.165, 1.54) is 0 Å². The summed E-state index contributed by atoms with van der Waals surface area (Å²) in [4.78, 5) is 12.0. The van der Waals surface area contributed by atoms with Crippen molar-refractivity contribution in [3.63, 3.8) is 0 Å². The van der Waals surface area contributed by atoms with Gasteiger partial charge in [-0.25, -0.2) is 0 Å². The van der Waals surface area contributed by atoms with Crippen molar-refractivity contribution in [3.8, 4) is 0 Å². The van der Waals surface area contributed by atoms with Gasteiger partial charge in [-0.1, -0.05) is 46.3 Å². The van der Waals surface area contributed by atoms with E-state index in [0.29, 0.717) is 11.1 Å². The zero-order valence-electron chi connectivity index (χ0n) is 8.91. The number of hydrogen-bond acceptors (Lipinski definition) is 1. The highest BCUT2D eigenvalue weighted by molar-refractivity contribution is 9.10. The fourth-order valence-corrected chi connectivity index (χ4v) is 1.54. The Bertz CT molecular complexity index is 523. The van der Waals surface area contributed by atoms with Crippen LogP contribution in [0.4, 0.5) is 0 Å². The van der Waals surface area contributed by atoms with Crippen molar-refractivity contribution in [2.45, 2.75) is 0 Å². The molecule has 0 radical (unpaired) electrons. The maximum absolute atomic E-state index is 12.0. The fourth-order valence-electron chi connectivity index (χ4n) is 1.29.